The number of nitrogens with zero attached hydrogens (tertiary/aromatic N) is 4. The number of fused-ring (bicyclic) bond motifs is 2. The van der Waals surface area contributed by atoms with Crippen molar-refractivity contribution in [3.8, 4) is 16.9 Å². The Bertz CT molecular complexity index is 1270. The third kappa shape index (κ3) is 4.32. The molecule has 1 unspecified atom stereocenters. The van der Waals surface area contributed by atoms with Crippen molar-refractivity contribution in [1.29, 1.82) is 0 Å². The molecule has 1 saturated carbocycles. The van der Waals surface area contributed by atoms with Gasteiger partial charge in [-0.1, -0.05) is 12.1 Å². The lowest BCUT2D eigenvalue weighted by atomic mass is 9.79. The first-order valence-electron chi connectivity index (χ1n) is 13.0. The van der Waals surface area contributed by atoms with E-state index < -0.39 is 0 Å². The number of carbonyl (C=O) groups excluding carboxylic acids is 1. The van der Waals surface area contributed by atoms with Crippen LogP contribution in [0.5, 0.6) is 5.75 Å². The first kappa shape index (κ1) is 23.6. The highest BCUT2D eigenvalue weighted by Crippen LogP contribution is 2.44. The van der Waals surface area contributed by atoms with Crippen LogP contribution in [0.15, 0.2) is 30.7 Å². The predicted octanol–water partition coefficient (Wildman–Crippen LogP) is 3.94. The van der Waals surface area contributed by atoms with Crippen LogP contribution in [0.2, 0.25) is 0 Å². The van der Waals surface area contributed by atoms with Gasteiger partial charge >= 0.3 is 0 Å². The summed E-state index contributed by atoms with van der Waals surface area (Å²) in [6.07, 6.45) is 7.35. The lowest BCUT2D eigenvalue weighted by molar-refractivity contribution is -0.139. The summed E-state index contributed by atoms with van der Waals surface area (Å²) >= 11 is 1.93. The van der Waals surface area contributed by atoms with Gasteiger partial charge < -0.3 is 24.7 Å². The van der Waals surface area contributed by atoms with Crippen LogP contribution in [0.1, 0.15) is 37.8 Å². The highest BCUT2D eigenvalue weighted by Gasteiger charge is 2.39. The van der Waals surface area contributed by atoms with E-state index in [4.69, 9.17) is 15.2 Å². The summed E-state index contributed by atoms with van der Waals surface area (Å²) in [5.41, 5.74) is 10.5. The third-order valence-corrected chi connectivity index (χ3v) is 8.68. The number of benzene rings is 1. The molecule has 9 heteroatoms. The van der Waals surface area contributed by atoms with Crippen molar-refractivity contribution in [2.24, 2.45) is 5.92 Å². The van der Waals surface area contributed by atoms with Crippen LogP contribution >= 0.6 is 11.8 Å². The zero-order valence-corrected chi connectivity index (χ0v) is 21.5. The standard InChI is InChI=1S/C27H33N5O3S/c1-2-34-15-21-6-5-17-3-4-18(13-23(17)35-21)22-14-32(26-24(22)25(28)29-16-30-26)20-11-19(12-20)27(33)31-7-9-36-10-8-31/h3-4,13-14,16,19-21H,2,5-12,15H2,1H3,(H2,28,29,30)/t19-,20+,21?. The molecule has 1 aromatic carbocycles. The van der Waals surface area contributed by atoms with Gasteiger partial charge in [-0.15, -0.1) is 0 Å². The number of nitrogens with two attached hydrogens (primary N) is 1. The van der Waals surface area contributed by atoms with Gasteiger partial charge in [0.25, 0.3) is 0 Å². The second kappa shape index (κ2) is 9.94. The van der Waals surface area contributed by atoms with Gasteiger partial charge in [0.05, 0.1) is 12.0 Å². The van der Waals surface area contributed by atoms with E-state index in [9.17, 15) is 4.79 Å². The molecule has 0 bridgehead atoms. The average molecular weight is 508 g/mol. The Balaban J connectivity index is 1.27. The van der Waals surface area contributed by atoms with E-state index in [2.05, 4.69) is 38.9 Å². The van der Waals surface area contributed by atoms with Crippen LogP contribution < -0.4 is 10.5 Å². The van der Waals surface area contributed by atoms with Crippen LogP contribution in [-0.4, -0.2) is 69.3 Å². The summed E-state index contributed by atoms with van der Waals surface area (Å²) < 4.78 is 14.1. The van der Waals surface area contributed by atoms with Gasteiger partial charge in [-0.25, -0.2) is 9.97 Å². The molecule has 36 heavy (non-hydrogen) atoms. The molecule has 3 aromatic rings. The van der Waals surface area contributed by atoms with Gasteiger partial charge in [-0.05, 0) is 49.8 Å². The van der Waals surface area contributed by atoms with Crippen LogP contribution in [0.4, 0.5) is 5.82 Å². The lowest BCUT2D eigenvalue weighted by Crippen LogP contribution is -2.45. The molecule has 1 aliphatic carbocycles. The SMILES string of the molecule is CCOCC1CCc2ccc(-c3cn([C@H]4C[C@@H](C(=O)N5CCSCC5)C4)c4ncnc(N)c34)cc2O1. The predicted molar refractivity (Wildman–Crippen MR) is 142 cm³/mol. The van der Waals surface area contributed by atoms with Crippen LogP contribution in [0.3, 0.4) is 0 Å². The second-order valence-electron chi connectivity index (χ2n) is 9.93. The van der Waals surface area contributed by atoms with Crippen molar-refractivity contribution >= 4 is 34.5 Å². The van der Waals surface area contributed by atoms with Crippen molar-refractivity contribution in [2.75, 3.05) is 43.5 Å². The number of nitrogen functional groups attached to an aromatic ring is 1. The fourth-order valence-electron chi connectivity index (χ4n) is 5.62. The molecule has 1 amide bonds. The Kier molecular flexibility index (Phi) is 6.52. The van der Waals surface area contributed by atoms with Gasteiger partial charge in [-0.2, -0.15) is 11.8 Å². The molecule has 0 radical (unpaired) electrons. The topological polar surface area (TPSA) is 95.5 Å². The van der Waals surface area contributed by atoms with E-state index in [0.29, 0.717) is 24.9 Å². The molecule has 1 saturated heterocycles. The fourth-order valence-corrected chi connectivity index (χ4v) is 6.53. The van der Waals surface area contributed by atoms with Crippen LogP contribution in [0, 0.1) is 5.92 Å². The normalized spacial score (nSPS) is 23.7. The minimum Gasteiger partial charge on any atom is -0.488 e. The van der Waals surface area contributed by atoms with E-state index >= 15 is 0 Å². The third-order valence-electron chi connectivity index (χ3n) is 7.73. The van der Waals surface area contributed by atoms with E-state index in [1.165, 1.54) is 11.9 Å². The Labute approximate surface area is 215 Å². The second-order valence-corrected chi connectivity index (χ2v) is 11.2. The minimum absolute atomic E-state index is 0.0744. The number of anilines is 1. The molecule has 4 heterocycles. The highest BCUT2D eigenvalue weighted by molar-refractivity contribution is 7.99. The van der Waals surface area contributed by atoms with Crippen LogP contribution in [-0.2, 0) is 16.0 Å². The molecule has 0 spiro atoms. The average Bonchev–Trinajstić information content (AvgIpc) is 3.27. The number of rotatable bonds is 6. The van der Waals surface area contributed by atoms with Crippen molar-refractivity contribution < 1.29 is 14.3 Å². The molecule has 3 aliphatic rings. The van der Waals surface area contributed by atoms with E-state index in [1.807, 2.05) is 23.6 Å². The largest absolute Gasteiger partial charge is 0.488 e. The number of aryl methyl sites for hydroxylation is 1. The highest BCUT2D eigenvalue weighted by atomic mass is 32.2. The van der Waals surface area contributed by atoms with Crippen molar-refractivity contribution in [3.63, 3.8) is 0 Å². The number of aromatic nitrogens is 3. The quantitative estimate of drug-likeness (QED) is 0.540. The Morgan fingerprint density at radius 1 is 1.25 bits per heavy atom. The van der Waals surface area contributed by atoms with Crippen molar-refractivity contribution in [1.82, 2.24) is 19.4 Å². The summed E-state index contributed by atoms with van der Waals surface area (Å²) in [5.74, 6) is 3.87. The fraction of sp³-hybridized carbons (Fsp3) is 0.519. The molecule has 2 aliphatic heterocycles. The van der Waals surface area contributed by atoms with E-state index in [1.54, 1.807) is 0 Å². The van der Waals surface area contributed by atoms with Gasteiger partial charge in [0.2, 0.25) is 5.91 Å². The summed E-state index contributed by atoms with van der Waals surface area (Å²) in [6, 6.07) is 6.63. The van der Waals surface area contributed by atoms with Crippen molar-refractivity contribution in [2.45, 2.75) is 44.8 Å². The van der Waals surface area contributed by atoms with Crippen molar-refractivity contribution in [3.05, 3.63) is 36.3 Å². The number of ether oxygens (including phenoxy) is 2. The zero-order chi connectivity index (χ0) is 24.6. The zero-order valence-electron chi connectivity index (χ0n) is 20.7. The van der Waals surface area contributed by atoms with Gasteiger partial charge in [0.15, 0.2) is 0 Å². The van der Waals surface area contributed by atoms with E-state index in [-0.39, 0.29) is 18.1 Å². The summed E-state index contributed by atoms with van der Waals surface area (Å²) in [5, 5.41) is 0.863. The summed E-state index contributed by atoms with van der Waals surface area (Å²) in [7, 11) is 0. The Morgan fingerprint density at radius 3 is 2.89 bits per heavy atom. The van der Waals surface area contributed by atoms with E-state index in [0.717, 1.165) is 78.2 Å². The van der Waals surface area contributed by atoms with Gasteiger partial charge in [0.1, 0.15) is 29.6 Å². The van der Waals surface area contributed by atoms with Gasteiger partial charge in [0, 0.05) is 54.9 Å². The molecular weight excluding hydrogens is 474 g/mol. The van der Waals surface area contributed by atoms with Crippen LogP contribution in [0.25, 0.3) is 22.2 Å². The lowest BCUT2D eigenvalue weighted by Gasteiger charge is -2.39. The number of amides is 1. The monoisotopic (exact) mass is 507 g/mol. The molecule has 2 N–H and O–H groups in total. The Hall–Kier alpha value is -2.78. The molecule has 190 valence electrons. The number of hydrogen-bond acceptors (Lipinski definition) is 7. The molecule has 6 rings (SSSR count). The molecule has 2 fully saturated rings. The number of carbonyl (C=O) groups is 1. The summed E-state index contributed by atoms with van der Waals surface area (Å²) in [6.45, 7) is 5.05. The number of hydrogen-bond donors (Lipinski definition) is 1. The first-order chi connectivity index (χ1) is 17.6. The molecule has 1 atom stereocenters. The first-order valence-corrected chi connectivity index (χ1v) is 14.1. The minimum atomic E-state index is 0.0744. The summed E-state index contributed by atoms with van der Waals surface area (Å²) in [4.78, 5) is 23.9. The maximum Gasteiger partial charge on any atom is 0.225 e. The van der Waals surface area contributed by atoms with Gasteiger partial charge in [-0.3, -0.25) is 4.79 Å². The number of thioether (sulfide) groups is 1. The maximum atomic E-state index is 13.0. The maximum absolute atomic E-state index is 13.0. The molecular formula is C27H33N5O3S. The molecule has 2 aromatic heterocycles. The smallest absolute Gasteiger partial charge is 0.225 e. The Morgan fingerprint density at radius 2 is 2.08 bits per heavy atom. The molecule has 8 nitrogen and oxygen atoms in total.